The van der Waals surface area contributed by atoms with Crippen molar-refractivity contribution in [3.8, 4) is 0 Å². The van der Waals surface area contributed by atoms with E-state index in [4.69, 9.17) is 5.73 Å². The van der Waals surface area contributed by atoms with E-state index in [9.17, 15) is 4.79 Å². The predicted molar refractivity (Wildman–Crippen MR) is 82.3 cm³/mol. The van der Waals surface area contributed by atoms with E-state index in [0.717, 1.165) is 19.3 Å². The highest BCUT2D eigenvalue weighted by Crippen LogP contribution is 2.33. The molecule has 0 aromatic heterocycles. The molecule has 2 rings (SSSR count). The molecule has 0 saturated heterocycles. The monoisotopic (exact) mass is 274 g/mol. The van der Waals surface area contributed by atoms with Crippen molar-refractivity contribution in [1.29, 1.82) is 0 Å². The van der Waals surface area contributed by atoms with E-state index in [1.54, 1.807) is 0 Å². The van der Waals surface area contributed by atoms with Gasteiger partial charge in [-0.25, -0.2) is 0 Å². The first-order valence-corrected chi connectivity index (χ1v) is 7.41. The molecule has 1 amide bonds. The second kappa shape index (κ2) is 5.21. The average Bonchev–Trinajstić information content (AvgIpc) is 2.37. The van der Waals surface area contributed by atoms with Crippen LogP contribution >= 0.6 is 0 Å². The van der Waals surface area contributed by atoms with E-state index in [1.165, 1.54) is 11.1 Å². The predicted octanol–water partition coefficient (Wildman–Crippen LogP) is 2.94. The van der Waals surface area contributed by atoms with Gasteiger partial charge in [0.15, 0.2) is 0 Å². The lowest BCUT2D eigenvalue weighted by atomic mass is 9.74. The molecule has 1 atom stereocenters. The molecule has 1 aliphatic rings. The molecule has 0 fully saturated rings. The Labute approximate surface area is 121 Å². The van der Waals surface area contributed by atoms with Crippen LogP contribution in [0.15, 0.2) is 24.3 Å². The standard InChI is InChI=1S/C17H26N2O/c1-16(2,17(3,4)18)15(20)19-14-11-7-9-12-8-5-6-10-13(12)14/h5-6,8,10,14H,7,9,11,18H2,1-4H3,(H,19,20). The summed E-state index contributed by atoms with van der Waals surface area (Å²) >= 11 is 0. The number of carbonyl (C=O) groups is 1. The third kappa shape index (κ3) is 2.73. The second-order valence-corrected chi connectivity index (χ2v) is 6.96. The average molecular weight is 274 g/mol. The van der Waals surface area contributed by atoms with Crippen molar-refractivity contribution < 1.29 is 4.79 Å². The van der Waals surface area contributed by atoms with Crippen molar-refractivity contribution >= 4 is 5.91 Å². The Kier molecular flexibility index (Phi) is 3.92. The van der Waals surface area contributed by atoms with Crippen molar-refractivity contribution in [3.05, 3.63) is 35.4 Å². The zero-order chi connectivity index (χ0) is 15.0. The van der Waals surface area contributed by atoms with Crippen LogP contribution in [0.3, 0.4) is 0 Å². The fourth-order valence-electron chi connectivity index (χ4n) is 2.54. The van der Waals surface area contributed by atoms with Crippen molar-refractivity contribution in [1.82, 2.24) is 5.32 Å². The lowest BCUT2D eigenvalue weighted by Gasteiger charge is -2.38. The summed E-state index contributed by atoms with van der Waals surface area (Å²) in [5.74, 6) is 0.0340. The molecule has 1 unspecified atom stereocenters. The van der Waals surface area contributed by atoms with E-state index in [0.29, 0.717) is 0 Å². The summed E-state index contributed by atoms with van der Waals surface area (Å²) in [5.41, 5.74) is 7.62. The minimum absolute atomic E-state index is 0.0340. The van der Waals surface area contributed by atoms with Gasteiger partial charge >= 0.3 is 0 Å². The maximum Gasteiger partial charge on any atom is 0.227 e. The Morgan fingerprint density at radius 2 is 1.90 bits per heavy atom. The van der Waals surface area contributed by atoms with Gasteiger partial charge in [0.25, 0.3) is 0 Å². The van der Waals surface area contributed by atoms with Crippen molar-refractivity contribution in [2.75, 3.05) is 0 Å². The first kappa shape index (κ1) is 15.0. The van der Waals surface area contributed by atoms with Crippen molar-refractivity contribution in [3.63, 3.8) is 0 Å². The number of carbonyl (C=O) groups excluding carboxylic acids is 1. The lowest BCUT2D eigenvalue weighted by Crippen LogP contribution is -2.56. The van der Waals surface area contributed by atoms with E-state index in [1.807, 2.05) is 33.8 Å². The van der Waals surface area contributed by atoms with E-state index >= 15 is 0 Å². The number of aryl methyl sites for hydroxylation is 1. The van der Waals surface area contributed by atoms with E-state index in [-0.39, 0.29) is 11.9 Å². The molecule has 3 heteroatoms. The minimum Gasteiger partial charge on any atom is -0.349 e. The summed E-state index contributed by atoms with van der Waals surface area (Å²) in [5, 5.41) is 3.20. The van der Waals surface area contributed by atoms with Gasteiger partial charge in [-0.3, -0.25) is 4.79 Å². The molecule has 1 aromatic rings. The summed E-state index contributed by atoms with van der Waals surface area (Å²) in [4.78, 5) is 12.6. The number of hydrogen-bond donors (Lipinski definition) is 2. The zero-order valence-corrected chi connectivity index (χ0v) is 13.0. The van der Waals surface area contributed by atoms with Crippen LogP contribution in [0.4, 0.5) is 0 Å². The molecule has 3 N–H and O–H groups in total. The van der Waals surface area contributed by atoms with Gasteiger partial charge in [0, 0.05) is 5.54 Å². The third-order valence-electron chi connectivity index (χ3n) is 4.85. The number of nitrogens with two attached hydrogens (primary N) is 1. The molecule has 1 aromatic carbocycles. The topological polar surface area (TPSA) is 55.1 Å². The number of benzene rings is 1. The highest BCUT2D eigenvalue weighted by molar-refractivity contribution is 5.83. The van der Waals surface area contributed by atoms with Gasteiger partial charge in [0.2, 0.25) is 5.91 Å². The van der Waals surface area contributed by atoms with E-state index in [2.05, 4.69) is 23.5 Å². The van der Waals surface area contributed by atoms with Gasteiger partial charge < -0.3 is 11.1 Å². The largest absolute Gasteiger partial charge is 0.349 e. The van der Waals surface area contributed by atoms with Crippen LogP contribution in [-0.2, 0) is 11.2 Å². The molecule has 0 spiro atoms. The molecule has 3 nitrogen and oxygen atoms in total. The molecule has 110 valence electrons. The lowest BCUT2D eigenvalue weighted by molar-refractivity contribution is -0.133. The Morgan fingerprint density at radius 3 is 2.55 bits per heavy atom. The molecule has 0 heterocycles. The van der Waals surface area contributed by atoms with Crippen LogP contribution in [0.2, 0.25) is 0 Å². The fourth-order valence-corrected chi connectivity index (χ4v) is 2.54. The van der Waals surface area contributed by atoms with Gasteiger partial charge in [-0.05, 0) is 58.1 Å². The minimum atomic E-state index is -0.598. The van der Waals surface area contributed by atoms with Crippen molar-refractivity contribution in [2.45, 2.75) is 58.5 Å². The molecule has 1 aliphatic carbocycles. The Morgan fingerprint density at radius 1 is 1.25 bits per heavy atom. The Hall–Kier alpha value is -1.35. The van der Waals surface area contributed by atoms with Crippen LogP contribution in [0.5, 0.6) is 0 Å². The van der Waals surface area contributed by atoms with Gasteiger partial charge in [-0.2, -0.15) is 0 Å². The summed E-state index contributed by atoms with van der Waals surface area (Å²) in [7, 11) is 0. The van der Waals surface area contributed by atoms with Crippen LogP contribution in [-0.4, -0.2) is 11.4 Å². The summed E-state index contributed by atoms with van der Waals surface area (Å²) in [6.45, 7) is 7.64. The molecule has 0 saturated carbocycles. The van der Waals surface area contributed by atoms with Gasteiger partial charge in [0.05, 0.1) is 11.5 Å². The maximum absolute atomic E-state index is 12.6. The SMILES string of the molecule is CC(C)(N)C(C)(C)C(=O)NC1CCCc2ccccc21. The number of nitrogens with one attached hydrogen (secondary N) is 1. The molecule has 0 bridgehead atoms. The number of amides is 1. The van der Waals surface area contributed by atoms with Gasteiger partial charge in [0.1, 0.15) is 0 Å². The number of hydrogen-bond acceptors (Lipinski definition) is 2. The first-order valence-electron chi connectivity index (χ1n) is 7.41. The smallest absolute Gasteiger partial charge is 0.227 e. The third-order valence-corrected chi connectivity index (χ3v) is 4.85. The van der Waals surface area contributed by atoms with Crippen LogP contribution in [0, 0.1) is 5.41 Å². The Bertz CT molecular complexity index is 500. The maximum atomic E-state index is 12.6. The fraction of sp³-hybridized carbons (Fsp3) is 0.588. The summed E-state index contributed by atoms with van der Waals surface area (Å²) < 4.78 is 0. The first-order chi connectivity index (χ1) is 9.23. The van der Waals surface area contributed by atoms with Gasteiger partial charge in [-0.15, -0.1) is 0 Å². The molecular formula is C17H26N2O. The number of fused-ring (bicyclic) bond motifs is 1. The molecular weight excluding hydrogens is 248 g/mol. The van der Waals surface area contributed by atoms with Gasteiger partial charge in [-0.1, -0.05) is 24.3 Å². The van der Waals surface area contributed by atoms with E-state index < -0.39 is 11.0 Å². The quantitative estimate of drug-likeness (QED) is 0.890. The normalized spacial score (nSPS) is 19.4. The number of rotatable bonds is 3. The van der Waals surface area contributed by atoms with Crippen LogP contribution < -0.4 is 11.1 Å². The molecule has 0 aliphatic heterocycles. The van der Waals surface area contributed by atoms with Crippen molar-refractivity contribution in [2.24, 2.45) is 11.1 Å². The summed E-state index contributed by atoms with van der Waals surface area (Å²) in [6, 6.07) is 8.51. The Balaban J connectivity index is 2.18. The summed E-state index contributed by atoms with van der Waals surface area (Å²) in [6.07, 6.45) is 3.23. The van der Waals surface area contributed by atoms with Crippen LogP contribution in [0.25, 0.3) is 0 Å². The second-order valence-electron chi connectivity index (χ2n) is 6.96. The molecule has 0 radical (unpaired) electrons. The van der Waals surface area contributed by atoms with Crippen LogP contribution in [0.1, 0.15) is 57.7 Å². The zero-order valence-electron chi connectivity index (χ0n) is 13.0. The highest BCUT2D eigenvalue weighted by atomic mass is 16.2. The molecule has 20 heavy (non-hydrogen) atoms. The highest BCUT2D eigenvalue weighted by Gasteiger charge is 2.41.